The number of nitrogens with one attached hydrogen (secondary N) is 1. The molecule has 110 valence electrons. The molecule has 0 aromatic carbocycles. The SMILES string of the molecule is CCCNCc1c(C)nn(Cc2ncc(Cl)n2C)c1C. The molecule has 2 rings (SSSR count). The van der Waals surface area contributed by atoms with Gasteiger partial charge in [0.2, 0.25) is 0 Å². The van der Waals surface area contributed by atoms with Gasteiger partial charge in [0.1, 0.15) is 11.0 Å². The van der Waals surface area contributed by atoms with Crippen molar-refractivity contribution in [1.82, 2.24) is 24.6 Å². The second-order valence-electron chi connectivity index (χ2n) is 5.04. The fourth-order valence-corrected chi connectivity index (χ4v) is 2.39. The number of halogens is 1. The highest BCUT2D eigenvalue weighted by Crippen LogP contribution is 2.16. The zero-order valence-electron chi connectivity index (χ0n) is 12.6. The van der Waals surface area contributed by atoms with E-state index in [1.807, 2.05) is 16.3 Å². The maximum absolute atomic E-state index is 6.02. The molecule has 0 bridgehead atoms. The molecule has 0 amide bonds. The van der Waals surface area contributed by atoms with E-state index in [-0.39, 0.29) is 0 Å². The van der Waals surface area contributed by atoms with E-state index in [1.54, 1.807) is 6.20 Å². The first-order valence-corrected chi connectivity index (χ1v) is 7.32. The van der Waals surface area contributed by atoms with Crippen molar-refractivity contribution in [2.24, 2.45) is 7.05 Å². The molecule has 2 heterocycles. The second kappa shape index (κ2) is 6.41. The molecule has 0 aliphatic carbocycles. The zero-order valence-corrected chi connectivity index (χ0v) is 13.3. The first-order chi connectivity index (χ1) is 9.54. The first-order valence-electron chi connectivity index (χ1n) is 6.94. The minimum Gasteiger partial charge on any atom is -0.321 e. The summed E-state index contributed by atoms with van der Waals surface area (Å²) in [6.07, 6.45) is 2.81. The minimum atomic E-state index is 0.643. The Hall–Kier alpha value is -1.33. The van der Waals surface area contributed by atoms with Crippen LogP contribution in [0, 0.1) is 13.8 Å². The molecule has 0 saturated carbocycles. The number of imidazole rings is 1. The van der Waals surface area contributed by atoms with E-state index >= 15 is 0 Å². The predicted octanol–water partition coefficient (Wildman–Crippen LogP) is 2.43. The van der Waals surface area contributed by atoms with E-state index in [0.29, 0.717) is 11.7 Å². The van der Waals surface area contributed by atoms with Crippen molar-refractivity contribution in [3.8, 4) is 0 Å². The first kappa shape index (κ1) is 15.1. The van der Waals surface area contributed by atoms with Gasteiger partial charge in [0.15, 0.2) is 0 Å². The summed E-state index contributed by atoms with van der Waals surface area (Å²) in [4.78, 5) is 4.32. The van der Waals surface area contributed by atoms with Gasteiger partial charge < -0.3 is 9.88 Å². The topological polar surface area (TPSA) is 47.7 Å². The van der Waals surface area contributed by atoms with E-state index < -0.39 is 0 Å². The van der Waals surface area contributed by atoms with Gasteiger partial charge in [-0.05, 0) is 26.8 Å². The van der Waals surface area contributed by atoms with Crippen LogP contribution in [0.5, 0.6) is 0 Å². The van der Waals surface area contributed by atoms with E-state index in [4.69, 9.17) is 11.6 Å². The third-order valence-corrected chi connectivity index (χ3v) is 3.93. The van der Waals surface area contributed by atoms with Gasteiger partial charge in [0.05, 0.1) is 18.4 Å². The molecule has 6 heteroatoms. The van der Waals surface area contributed by atoms with Crippen LogP contribution < -0.4 is 5.32 Å². The summed E-state index contributed by atoms with van der Waals surface area (Å²) in [6.45, 7) is 8.86. The van der Waals surface area contributed by atoms with Gasteiger partial charge in [-0.2, -0.15) is 5.10 Å². The number of aryl methyl sites for hydroxylation is 1. The van der Waals surface area contributed by atoms with Gasteiger partial charge in [-0.1, -0.05) is 18.5 Å². The fraction of sp³-hybridized carbons (Fsp3) is 0.571. The van der Waals surface area contributed by atoms with Crippen LogP contribution in [0.2, 0.25) is 5.15 Å². The monoisotopic (exact) mass is 295 g/mol. The Balaban J connectivity index is 2.17. The van der Waals surface area contributed by atoms with Crippen LogP contribution in [0.4, 0.5) is 0 Å². The number of rotatable bonds is 6. The summed E-state index contributed by atoms with van der Waals surface area (Å²) in [5, 5.41) is 8.69. The normalized spacial score (nSPS) is 11.2. The van der Waals surface area contributed by atoms with Crippen molar-refractivity contribution in [1.29, 1.82) is 0 Å². The Morgan fingerprint density at radius 2 is 2.10 bits per heavy atom. The summed E-state index contributed by atoms with van der Waals surface area (Å²) < 4.78 is 3.88. The lowest BCUT2D eigenvalue weighted by atomic mass is 10.2. The Morgan fingerprint density at radius 3 is 2.70 bits per heavy atom. The van der Waals surface area contributed by atoms with Crippen molar-refractivity contribution >= 4 is 11.6 Å². The maximum atomic E-state index is 6.02. The molecule has 20 heavy (non-hydrogen) atoms. The third-order valence-electron chi connectivity index (χ3n) is 3.58. The lowest BCUT2D eigenvalue weighted by molar-refractivity contribution is 0.610. The third kappa shape index (κ3) is 3.04. The summed E-state index contributed by atoms with van der Waals surface area (Å²) in [5.74, 6) is 0.911. The molecule has 0 aliphatic rings. The molecule has 2 aromatic heterocycles. The maximum Gasteiger partial charge on any atom is 0.131 e. The number of hydrogen-bond donors (Lipinski definition) is 1. The summed E-state index contributed by atoms with van der Waals surface area (Å²) in [7, 11) is 1.92. The highest BCUT2D eigenvalue weighted by atomic mass is 35.5. The largest absolute Gasteiger partial charge is 0.321 e. The van der Waals surface area contributed by atoms with Crippen LogP contribution in [0.1, 0.15) is 36.1 Å². The predicted molar refractivity (Wildman–Crippen MR) is 81.0 cm³/mol. The number of nitrogens with zero attached hydrogens (tertiary/aromatic N) is 4. The molecule has 0 unspecified atom stereocenters. The van der Waals surface area contributed by atoms with Crippen LogP contribution in [-0.4, -0.2) is 25.9 Å². The molecule has 1 N–H and O–H groups in total. The molecule has 2 aromatic rings. The van der Waals surface area contributed by atoms with Gasteiger partial charge in [-0.25, -0.2) is 4.98 Å². The van der Waals surface area contributed by atoms with Crippen molar-refractivity contribution in [3.63, 3.8) is 0 Å². The standard InChI is InChI=1S/C14H22ClN5/c1-5-6-16-7-12-10(2)18-20(11(12)3)9-14-17-8-13(15)19(14)4/h8,16H,5-7,9H2,1-4H3. The summed E-state index contributed by atoms with van der Waals surface area (Å²) in [5.41, 5.74) is 3.54. The van der Waals surface area contributed by atoms with Gasteiger partial charge in [0.25, 0.3) is 0 Å². The molecule has 0 fully saturated rings. The average Bonchev–Trinajstić information content (AvgIpc) is 2.87. The van der Waals surface area contributed by atoms with Crippen LogP contribution in [-0.2, 0) is 20.1 Å². The Morgan fingerprint density at radius 1 is 1.35 bits per heavy atom. The number of hydrogen-bond acceptors (Lipinski definition) is 3. The molecule has 0 radical (unpaired) electrons. The van der Waals surface area contributed by atoms with Crippen molar-refractivity contribution in [3.05, 3.63) is 34.1 Å². The second-order valence-corrected chi connectivity index (χ2v) is 5.43. The van der Waals surface area contributed by atoms with Gasteiger partial charge in [0, 0.05) is 24.8 Å². The van der Waals surface area contributed by atoms with E-state index in [1.165, 1.54) is 11.3 Å². The Labute approximate surface area is 125 Å². The highest BCUT2D eigenvalue weighted by Gasteiger charge is 2.13. The lowest BCUT2D eigenvalue weighted by Gasteiger charge is -2.07. The summed E-state index contributed by atoms with van der Waals surface area (Å²) >= 11 is 6.02. The number of aromatic nitrogens is 4. The highest BCUT2D eigenvalue weighted by molar-refractivity contribution is 6.29. The molecule has 0 saturated heterocycles. The molecule has 0 atom stereocenters. The molecule has 0 aliphatic heterocycles. The lowest BCUT2D eigenvalue weighted by Crippen LogP contribution is -2.15. The van der Waals surface area contributed by atoms with Crippen molar-refractivity contribution < 1.29 is 0 Å². The van der Waals surface area contributed by atoms with E-state index in [2.05, 4.69) is 36.2 Å². The quantitative estimate of drug-likeness (QED) is 0.833. The smallest absolute Gasteiger partial charge is 0.131 e. The Kier molecular flexibility index (Phi) is 4.83. The summed E-state index contributed by atoms with van der Waals surface area (Å²) in [6, 6.07) is 0. The van der Waals surface area contributed by atoms with Gasteiger partial charge >= 0.3 is 0 Å². The molecule has 0 spiro atoms. The van der Waals surface area contributed by atoms with Crippen LogP contribution in [0.15, 0.2) is 6.20 Å². The fourth-order valence-electron chi connectivity index (χ4n) is 2.24. The van der Waals surface area contributed by atoms with Crippen molar-refractivity contribution in [2.45, 2.75) is 40.3 Å². The van der Waals surface area contributed by atoms with E-state index in [0.717, 1.165) is 31.0 Å². The van der Waals surface area contributed by atoms with Gasteiger partial charge in [-0.3, -0.25) is 4.68 Å². The molecular formula is C14H22ClN5. The average molecular weight is 296 g/mol. The molecular weight excluding hydrogens is 274 g/mol. The van der Waals surface area contributed by atoms with Crippen molar-refractivity contribution in [2.75, 3.05) is 6.54 Å². The van der Waals surface area contributed by atoms with Crippen LogP contribution in [0.3, 0.4) is 0 Å². The van der Waals surface area contributed by atoms with Crippen LogP contribution >= 0.6 is 11.6 Å². The van der Waals surface area contributed by atoms with Crippen LogP contribution in [0.25, 0.3) is 0 Å². The minimum absolute atomic E-state index is 0.643. The Bertz CT molecular complexity index is 585. The van der Waals surface area contributed by atoms with Gasteiger partial charge in [-0.15, -0.1) is 0 Å². The zero-order chi connectivity index (χ0) is 14.7. The molecule has 5 nitrogen and oxygen atoms in total. The van der Waals surface area contributed by atoms with E-state index in [9.17, 15) is 0 Å².